The molecule has 0 heterocycles. The molecule has 21 heavy (non-hydrogen) atoms. The minimum absolute atomic E-state index is 0.0814. The lowest BCUT2D eigenvalue weighted by Crippen LogP contribution is -2.36. The Bertz CT molecular complexity index is 632. The van der Waals surface area contributed by atoms with Gasteiger partial charge in [-0.3, -0.25) is 0 Å². The van der Waals surface area contributed by atoms with E-state index in [1.807, 2.05) is 0 Å². The number of benzene rings is 1. The van der Waals surface area contributed by atoms with Crippen LogP contribution in [0.25, 0.3) is 0 Å². The third-order valence-electron chi connectivity index (χ3n) is 3.91. The molecule has 1 rings (SSSR count). The predicted octanol–water partition coefficient (Wildman–Crippen LogP) is 2.87. The molecule has 5 heteroatoms. The van der Waals surface area contributed by atoms with Crippen molar-refractivity contribution in [1.29, 1.82) is 0 Å². The number of hydrogen-bond acceptors (Lipinski definition) is 3. The fourth-order valence-electron chi connectivity index (χ4n) is 1.42. The van der Waals surface area contributed by atoms with Crippen molar-refractivity contribution in [3.05, 3.63) is 30.3 Å². The van der Waals surface area contributed by atoms with E-state index in [0.717, 1.165) is 0 Å². The van der Waals surface area contributed by atoms with E-state index >= 15 is 0 Å². The van der Waals surface area contributed by atoms with Gasteiger partial charge in [0.05, 0.1) is 10.6 Å². The predicted molar refractivity (Wildman–Crippen MR) is 89.5 cm³/mol. The molecular weight excluding hydrogens is 300 g/mol. The minimum Gasteiger partial charge on any atom is -0.379 e. The quantitative estimate of drug-likeness (QED) is 0.687. The highest BCUT2D eigenvalue weighted by atomic mass is 32.2. The fraction of sp³-hybridized carbons (Fsp3) is 0.500. The van der Waals surface area contributed by atoms with Gasteiger partial charge in [0.15, 0.2) is 9.84 Å². The van der Waals surface area contributed by atoms with Gasteiger partial charge in [-0.05, 0) is 17.2 Å². The average Bonchev–Trinajstić information content (AvgIpc) is 2.36. The van der Waals surface area contributed by atoms with E-state index in [1.165, 1.54) is 12.1 Å². The second-order valence-electron chi connectivity index (χ2n) is 6.75. The second-order valence-corrected chi connectivity index (χ2v) is 13.8. The third kappa shape index (κ3) is 4.99. The molecule has 1 N–H and O–H groups in total. The maximum Gasteiger partial charge on any atom is 0.181 e. The number of aliphatic hydroxyl groups is 1. The highest BCUT2D eigenvalue weighted by Crippen LogP contribution is 2.35. The van der Waals surface area contributed by atoms with Crippen molar-refractivity contribution >= 4 is 17.9 Å². The van der Waals surface area contributed by atoms with Gasteiger partial charge < -0.3 is 5.11 Å². The van der Waals surface area contributed by atoms with Crippen LogP contribution in [0.15, 0.2) is 35.2 Å². The summed E-state index contributed by atoms with van der Waals surface area (Å²) < 4.78 is 24.3. The first-order valence-electron chi connectivity index (χ1n) is 6.94. The Hall–Kier alpha value is -1.09. The van der Waals surface area contributed by atoms with Crippen molar-refractivity contribution in [2.75, 3.05) is 5.75 Å². The summed E-state index contributed by atoms with van der Waals surface area (Å²) in [6.07, 6.45) is -1.15. The van der Waals surface area contributed by atoms with Crippen molar-refractivity contribution in [1.82, 2.24) is 0 Å². The molecule has 116 valence electrons. The fourth-order valence-corrected chi connectivity index (χ4v) is 3.59. The van der Waals surface area contributed by atoms with Crippen LogP contribution in [0, 0.1) is 11.5 Å². The summed E-state index contributed by atoms with van der Waals surface area (Å²) in [6.45, 7) is 10.6. The first kappa shape index (κ1) is 18.0. The van der Waals surface area contributed by atoms with E-state index < -0.39 is 24.0 Å². The molecule has 1 aromatic rings. The van der Waals surface area contributed by atoms with Crippen LogP contribution in [-0.4, -0.2) is 33.5 Å². The summed E-state index contributed by atoms with van der Waals surface area (Å²) in [5, 5.41) is 10.0. The van der Waals surface area contributed by atoms with Gasteiger partial charge in [0, 0.05) is 0 Å². The summed E-state index contributed by atoms with van der Waals surface area (Å²) >= 11 is 0. The molecule has 1 unspecified atom stereocenters. The molecule has 0 fully saturated rings. The van der Waals surface area contributed by atoms with Gasteiger partial charge in [-0.1, -0.05) is 58.0 Å². The van der Waals surface area contributed by atoms with Gasteiger partial charge in [0.25, 0.3) is 0 Å². The molecule has 1 atom stereocenters. The molecule has 0 aliphatic rings. The summed E-state index contributed by atoms with van der Waals surface area (Å²) in [4.78, 5) is 0.221. The SMILES string of the molecule is CC(C)(C)[Si](C)(C)C#CC(O)CS(=O)(=O)c1ccccc1. The Morgan fingerprint density at radius 1 is 1.19 bits per heavy atom. The summed E-state index contributed by atoms with van der Waals surface area (Å²) in [6, 6.07) is 8.15. The van der Waals surface area contributed by atoms with Crippen LogP contribution in [0.3, 0.4) is 0 Å². The Morgan fingerprint density at radius 2 is 1.71 bits per heavy atom. The molecule has 0 amide bonds. The van der Waals surface area contributed by atoms with Crippen molar-refractivity contribution in [2.45, 2.75) is 49.9 Å². The molecule has 0 radical (unpaired) electrons. The molecule has 1 aromatic carbocycles. The first-order chi connectivity index (χ1) is 9.46. The van der Waals surface area contributed by atoms with Gasteiger partial charge in [0.2, 0.25) is 0 Å². The van der Waals surface area contributed by atoms with Crippen LogP contribution in [-0.2, 0) is 9.84 Å². The van der Waals surface area contributed by atoms with E-state index in [0.29, 0.717) is 0 Å². The Morgan fingerprint density at radius 3 is 2.19 bits per heavy atom. The van der Waals surface area contributed by atoms with Gasteiger partial charge in [-0.25, -0.2) is 8.42 Å². The Balaban J connectivity index is 2.87. The van der Waals surface area contributed by atoms with Gasteiger partial charge in [-0.15, -0.1) is 5.54 Å². The lowest BCUT2D eigenvalue weighted by molar-refractivity contribution is 0.255. The molecule has 0 saturated carbocycles. The average molecular weight is 325 g/mol. The Labute approximate surface area is 129 Å². The van der Waals surface area contributed by atoms with Gasteiger partial charge in [0.1, 0.15) is 14.2 Å². The molecular formula is C16H24O3SSi. The Kier molecular flexibility index (Phi) is 5.43. The number of aliphatic hydroxyl groups excluding tert-OH is 1. The van der Waals surface area contributed by atoms with E-state index in [-0.39, 0.29) is 15.7 Å². The molecule has 3 nitrogen and oxygen atoms in total. The van der Waals surface area contributed by atoms with Crippen molar-refractivity contribution < 1.29 is 13.5 Å². The monoisotopic (exact) mass is 324 g/mol. The zero-order valence-corrected chi connectivity index (χ0v) is 15.2. The molecule has 0 aliphatic heterocycles. The molecule has 0 aliphatic carbocycles. The lowest BCUT2D eigenvalue weighted by atomic mass is 10.2. The summed E-state index contributed by atoms with van der Waals surface area (Å²) in [5.41, 5.74) is 3.15. The highest BCUT2D eigenvalue weighted by molar-refractivity contribution is 7.91. The standard InChI is InChI=1S/C16H24O3SSi/c1-16(2,3)21(4,5)12-11-14(17)13-20(18,19)15-9-7-6-8-10-15/h6-10,14,17H,13H2,1-5H3. The maximum absolute atomic E-state index is 12.1. The van der Waals surface area contributed by atoms with Gasteiger partial charge >= 0.3 is 0 Å². The minimum atomic E-state index is -3.50. The summed E-state index contributed by atoms with van der Waals surface area (Å²) in [7, 11) is -5.34. The maximum atomic E-state index is 12.1. The van der Waals surface area contributed by atoms with Crippen LogP contribution < -0.4 is 0 Å². The van der Waals surface area contributed by atoms with Crippen LogP contribution in [0.2, 0.25) is 18.1 Å². The lowest BCUT2D eigenvalue weighted by Gasteiger charge is -2.31. The van der Waals surface area contributed by atoms with Crippen LogP contribution in [0.4, 0.5) is 0 Å². The third-order valence-corrected chi connectivity index (χ3v) is 10.2. The topological polar surface area (TPSA) is 54.4 Å². The highest BCUT2D eigenvalue weighted by Gasteiger charge is 2.33. The van der Waals surface area contributed by atoms with Crippen molar-refractivity contribution in [3.8, 4) is 11.5 Å². The number of rotatable bonds is 3. The second kappa shape index (κ2) is 6.35. The number of sulfone groups is 1. The van der Waals surface area contributed by atoms with E-state index in [9.17, 15) is 13.5 Å². The van der Waals surface area contributed by atoms with Crippen LogP contribution in [0.1, 0.15) is 20.8 Å². The normalized spacial score (nSPS) is 14.2. The van der Waals surface area contributed by atoms with Crippen LogP contribution in [0.5, 0.6) is 0 Å². The van der Waals surface area contributed by atoms with Crippen LogP contribution >= 0.6 is 0 Å². The largest absolute Gasteiger partial charge is 0.379 e. The van der Waals surface area contributed by atoms with Crippen molar-refractivity contribution in [2.24, 2.45) is 0 Å². The van der Waals surface area contributed by atoms with E-state index in [4.69, 9.17) is 0 Å². The molecule has 0 bridgehead atoms. The summed E-state index contributed by atoms with van der Waals surface area (Å²) in [5.74, 6) is 2.38. The molecule has 0 saturated heterocycles. The zero-order chi connectivity index (χ0) is 16.3. The zero-order valence-electron chi connectivity index (χ0n) is 13.3. The number of hydrogen-bond donors (Lipinski definition) is 1. The molecule has 0 aromatic heterocycles. The first-order valence-corrected chi connectivity index (χ1v) is 11.6. The van der Waals surface area contributed by atoms with E-state index in [1.54, 1.807) is 18.2 Å². The van der Waals surface area contributed by atoms with Gasteiger partial charge in [-0.2, -0.15) is 0 Å². The van der Waals surface area contributed by atoms with Crippen molar-refractivity contribution in [3.63, 3.8) is 0 Å². The van der Waals surface area contributed by atoms with E-state index in [2.05, 4.69) is 45.3 Å². The smallest absolute Gasteiger partial charge is 0.181 e. The molecule has 0 spiro atoms.